The molecule has 0 heterocycles. The van der Waals surface area contributed by atoms with Crippen molar-refractivity contribution in [3.63, 3.8) is 0 Å². The van der Waals surface area contributed by atoms with E-state index in [1.54, 1.807) is 30.3 Å². The topological polar surface area (TPSA) is 85.9 Å². The Labute approximate surface area is 175 Å². The third-order valence-electron chi connectivity index (χ3n) is 3.82. The summed E-state index contributed by atoms with van der Waals surface area (Å²) in [4.78, 5) is 24.9. The lowest BCUT2D eigenvalue weighted by atomic mass is 10.2. The molecule has 0 aliphatic rings. The van der Waals surface area contributed by atoms with Crippen molar-refractivity contribution in [2.24, 2.45) is 0 Å². The summed E-state index contributed by atoms with van der Waals surface area (Å²) in [6.07, 6.45) is 1.68. The van der Waals surface area contributed by atoms with E-state index in [2.05, 4.69) is 10.9 Å². The number of carbonyl (C=O) groups excluding carboxylic acids is 2. The van der Waals surface area contributed by atoms with E-state index in [1.165, 1.54) is 13.2 Å². The van der Waals surface area contributed by atoms with E-state index in [-0.39, 0.29) is 5.56 Å². The molecular formula is C21H25ClN2O5. The molecule has 0 aliphatic heterocycles. The van der Waals surface area contributed by atoms with Gasteiger partial charge in [0, 0.05) is 10.6 Å². The third kappa shape index (κ3) is 6.29. The van der Waals surface area contributed by atoms with Crippen molar-refractivity contribution < 1.29 is 23.8 Å². The van der Waals surface area contributed by atoms with E-state index >= 15 is 0 Å². The van der Waals surface area contributed by atoms with E-state index in [0.717, 1.165) is 12.8 Å². The molecule has 0 fully saturated rings. The number of rotatable bonds is 9. The summed E-state index contributed by atoms with van der Waals surface area (Å²) in [5.41, 5.74) is 5.26. The van der Waals surface area contributed by atoms with Crippen LogP contribution in [0, 0.1) is 0 Å². The Hall–Kier alpha value is -2.93. The molecule has 2 N–H and O–H groups in total. The lowest BCUT2D eigenvalue weighted by molar-refractivity contribution is 0.0844. The molecule has 0 atom stereocenters. The Balaban J connectivity index is 2.10. The van der Waals surface area contributed by atoms with E-state index in [4.69, 9.17) is 25.8 Å². The molecule has 0 unspecified atom stereocenters. The number of benzene rings is 2. The first-order valence-corrected chi connectivity index (χ1v) is 9.71. The maximum Gasteiger partial charge on any atom is 0.273 e. The van der Waals surface area contributed by atoms with Crippen molar-refractivity contribution in [2.45, 2.75) is 26.7 Å². The molecule has 2 aromatic rings. The molecule has 0 spiro atoms. The van der Waals surface area contributed by atoms with Crippen molar-refractivity contribution in [1.82, 2.24) is 10.9 Å². The first-order valence-electron chi connectivity index (χ1n) is 9.34. The molecule has 0 aliphatic carbocycles. The Morgan fingerprint density at radius 3 is 2.14 bits per heavy atom. The zero-order valence-corrected chi connectivity index (χ0v) is 17.5. The summed E-state index contributed by atoms with van der Waals surface area (Å²) in [6.45, 7) is 5.04. The second-order valence-electron chi connectivity index (χ2n) is 6.11. The van der Waals surface area contributed by atoms with Gasteiger partial charge in [-0.1, -0.05) is 25.4 Å². The molecule has 0 bridgehead atoms. The van der Waals surface area contributed by atoms with Crippen LogP contribution in [-0.4, -0.2) is 32.1 Å². The van der Waals surface area contributed by atoms with Crippen molar-refractivity contribution in [3.05, 3.63) is 52.5 Å². The molecule has 8 heteroatoms. The fraction of sp³-hybridized carbons (Fsp3) is 0.333. The minimum absolute atomic E-state index is 0.204. The summed E-state index contributed by atoms with van der Waals surface area (Å²) >= 11 is 5.94. The van der Waals surface area contributed by atoms with Gasteiger partial charge in [-0.3, -0.25) is 20.4 Å². The molecule has 0 saturated heterocycles. The average molecular weight is 421 g/mol. The van der Waals surface area contributed by atoms with E-state index in [9.17, 15) is 9.59 Å². The van der Waals surface area contributed by atoms with Gasteiger partial charge in [-0.15, -0.1) is 0 Å². The summed E-state index contributed by atoms with van der Waals surface area (Å²) in [7, 11) is 1.44. The van der Waals surface area contributed by atoms with Gasteiger partial charge in [-0.2, -0.15) is 0 Å². The molecule has 2 amide bonds. The number of hydrogen-bond acceptors (Lipinski definition) is 5. The number of hydrogen-bond donors (Lipinski definition) is 2. The van der Waals surface area contributed by atoms with Gasteiger partial charge in [0.05, 0.1) is 25.9 Å². The maximum atomic E-state index is 12.5. The Bertz CT molecular complexity index is 857. The van der Waals surface area contributed by atoms with Gasteiger partial charge in [-0.05, 0) is 49.2 Å². The van der Waals surface area contributed by atoms with Crippen LogP contribution in [0.2, 0.25) is 5.02 Å². The Morgan fingerprint density at radius 2 is 1.48 bits per heavy atom. The fourth-order valence-electron chi connectivity index (χ4n) is 2.42. The van der Waals surface area contributed by atoms with Crippen LogP contribution in [0.15, 0.2) is 36.4 Å². The van der Waals surface area contributed by atoms with Crippen molar-refractivity contribution in [1.29, 1.82) is 0 Å². The molecule has 2 aromatic carbocycles. The smallest absolute Gasteiger partial charge is 0.273 e. The van der Waals surface area contributed by atoms with E-state index in [0.29, 0.717) is 41.0 Å². The predicted molar refractivity (Wildman–Crippen MR) is 111 cm³/mol. The lowest BCUT2D eigenvalue weighted by Gasteiger charge is -2.14. The predicted octanol–water partition coefficient (Wildman–Crippen LogP) is 4.00. The minimum Gasteiger partial charge on any atom is -0.496 e. The Kier molecular flexibility index (Phi) is 8.61. The van der Waals surface area contributed by atoms with Gasteiger partial charge in [-0.25, -0.2) is 0 Å². The van der Waals surface area contributed by atoms with Crippen LogP contribution in [0.1, 0.15) is 47.4 Å². The maximum absolute atomic E-state index is 12.5. The Morgan fingerprint density at radius 1 is 0.862 bits per heavy atom. The molecule has 0 saturated carbocycles. The van der Waals surface area contributed by atoms with Gasteiger partial charge >= 0.3 is 0 Å². The quantitative estimate of drug-likeness (QED) is 0.599. The lowest BCUT2D eigenvalue weighted by Crippen LogP contribution is -2.41. The number of methoxy groups -OCH3 is 1. The zero-order valence-electron chi connectivity index (χ0n) is 16.7. The number of hydrazine groups is 1. The van der Waals surface area contributed by atoms with Crippen molar-refractivity contribution in [2.75, 3.05) is 20.3 Å². The normalized spacial score (nSPS) is 10.2. The average Bonchev–Trinajstić information content (AvgIpc) is 2.74. The van der Waals surface area contributed by atoms with Crippen LogP contribution in [0.3, 0.4) is 0 Å². The summed E-state index contributed by atoms with van der Waals surface area (Å²) in [6, 6.07) is 9.50. The van der Waals surface area contributed by atoms with Gasteiger partial charge in [0.2, 0.25) is 0 Å². The summed E-state index contributed by atoms with van der Waals surface area (Å²) in [5.74, 6) is 0.347. The van der Waals surface area contributed by atoms with Crippen LogP contribution in [0.4, 0.5) is 0 Å². The third-order valence-corrected chi connectivity index (χ3v) is 4.06. The number of halogens is 1. The van der Waals surface area contributed by atoms with Gasteiger partial charge in [0.1, 0.15) is 5.75 Å². The molecule has 0 aromatic heterocycles. The van der Waals surface area contributed by atoms with Gasteiger partial charge in [0.25, 0.3) is 11.8 Å². The van der Waals surface area contributed by atoms with E-state index < -0.39 is 11.8 Å². The molecule has 29 heavy (non-hydrogen) atoms. The van der Waals surface area contributed by atoms with Crippen LogP contribution < -0.4 is 25.1 Å². The highest BCUT2D eigenvalue weighted by molar-refractivity contribution is 6.31. The fourth-order valence-corrected chi connectivity index (χ4v) is 2.59. The van der Waals surface area contributed by atoms with Crippen molar-refractivity contribution >= 4 is 23.4 Å². The van der Waals surface area contributed by atoms with Crippen LogP contribution in [-0.2, 0) is 0 Å². The standard InChI is InChI=1S/C21H25ClN2O5/c1-4-10-28-18-8-6-14(12-19(18)29-11-5-2)20(25)23-24-21(26)16-13-15(22)7-9-17(16)27-3/h6-9,12-13H,4-5,10-11H2,1-3H3,(H,23,25)(H,24,26). The summed E-state index contributed by atoms with van der Waals surface area (Å²) in [5, 5.41) is 0.377. The monoisotopic (exact) mass is 420 g/mol. The minimum atomic E-state index is -0.553. The SMILES string of the molecule is CCCOc1ccc(C(=O)NNC(=O)c2cc(Cl)ccc2OC)cc1OCCC. The molecular weight excluding hydrogens is 396 g/mol. The van der Waals surface area contributed by atoms with Crippen LogP contribution in [0.25, 0.3) is 0 Å². The highest BCUT2D eigenvalue weighted by atomic mass is 35.5. The molecule has 2 rings (SSSR count). The number of carbonyl (C=O) groups is 2. The number of ether oxygens (including phenoxy) is 3. The number of nitrogens with one attached hydrogen (secondary N) is 2. The van der Waals surface area contributed by atoms with Crippen LogP contribution >= 0.6 is 11.6 Å². The first-order chi connectivity index (χ1) is 14.0. The highest BCUT2D eigenvalue weighted by Crippen LogP contribution is 2.29. The van der Waals surface area contributed by atoms with Gasteiger partial charge < -0.3 is 14.2 Å². The van der Waals surface area contributed by atoms with E-state index in [1.807, 2.05) is 13.8 Å². The largest absolute Gasteiger partial charge is 0.496 e. The first kappa shape index (κ1) is 22.4. The summed E-state index contributed by atoms with van der Waals surface area (Å²) < 4.78 is 16.5. The highest BCUT2D eigenvalue weighted by Gasteiger charge is 2.16. The van der Waals surface area contributed by atoms with Gasteiger partial charge in [0.15, 0.2) is 11.5 Å². The second-order valence-corrected chi connectivity index (χ2v) is 6.55. The zero-order chi connectivity index (χ0) is 21.2. The number of amides is 2. The van der Waals surface area contributed by atoms with Crippen molar-refractivity contribution in [3.8, 4) is 17.2 Å². The second kappa shape index (κ2) is 11.2. The van der Waals surface area contributed by atoms with Crippen LogP contribution in [0.5, 0.6) is 17.2 Å². The molecule has 156 valence electrons. The molecule has 0 radical (unpaired) electrons. The molecule has 7 nitrogen and oxygen atoms in total.